The molecule has 0 saturated heterocycles. The molecular formula is C15H21N3O2. The molecule has 0 radical (unpaired) electrons. The summed E-state index contributed by atoms with van der Waals surface area (Å²) in [6.45, 7) is 7.08. The Bertz CT molecular complexity index is 623. The number of methoxy groups -OCH3 is 1. The van der Waals surface area contributed by atoms with Gasteiger partial charge in [-0.1, -0.05) is 13.8 Å². The summed E-state index contributed by atoms with van der Waals surface area (Å²) in [6.07, 6.45) is 3.92. The van der Waals surface area contributed by atoms with Gasteiger partial charge in [0.15, 0.2) is 5.69 Å². The van der Waals surface area contributed by atoms with E-state index in [1.54, 1.807) is 11.7 Å². The van der Waals surface area contributed by atoms with Gasteiger partial charge in [0.05, 0.1) is 13.7 Å². The first-order chi connectivity index (χ1) is 9.43. The Hall–Kier alpha value is -2.04. The second kappa shape index (κ2) is 5.53. The minimum atomic E-state index is -0.394. The van der Waals surface area contributed by atoms with E-state index < -0.39 is 5.97 Å². The SMILES string of the molecule is COC(=O)c1nn(C)cc1Cn1ccc(C(C)C)c1C. The van der Waals surface area contributed by atoms with Gasteiger partial charge in [0.2, 0.25) is 0 Å². The molecule has 0 aliphatic heterocycles. The molecule has 0 aliphatic rings. The number of hydrogen-bond acceptors (Lipinski definition) is 3. The molecule has 0 N–H and O–H groups in total. The van der Waals surface area contributed by atoms with Gasteiger partial charge in [0.1, 0.15) is 0 Å². The molecule has 2 aromatic rings. The van der Waals surface area contributed by atoms with E-state index in [-0.39, 0.29) is 0 Å². The van der Waals surface area contributed by atoms with Crippen molar-refractivity contribution in [1.29, 1.82) is 0 Å². The number of rotatable bonds is 4. The lowest BCUT2D eigenvalue weighted by molar-refractivity contribution is 0.0592. The normalized spacial score (nSPS) is 11.1. The van der Waals surface area contributed by atoms with Crippen molar-refractivity contribution in [2.24, 2.45) is 7.05 Å². The van der Waals surface area contributed by atoms with Crippen LogP contribution in [-0.4, -0.2) is 27.4 Å². The standard InChI is InChI=1S/C15H21N3O2/c1-10(2)13-6-7-18(11(13)3)9-12-8-17(4)16-14(12)15(19)20-5/h6-8,10H,9H2,1-5H3. The average molecular weight is 275 g/mol. The van der Waals surface area contributed by atoms with Crippen LogP contribution in [0.2, 0.25) is 0 Å². The molecule has 0 aliphatic carbocycles. The third kappa shape index (κ3) is 2.61. The minimum Gasteiger partial charge on any atom is -0.464 e. The number of nitrogens with zero attached hydrogens (tertiary/aromatic N) is 3. The van der Waals surface area contributed by atoms with E-state index in [9.17, 15) is 4.79 Å². The minimum absolute atomic E-state index is 0.384. The fourth-order valence-electron chi connectivity index (χ4n) is 2.46. The molecule has 2 rings (SSSR count). The predicted octanol–water partition coefficient (Wildman–Crippen LogP) is 2.49. The maximum absolute atomic E-state index is 11.7. The highest BCUT2D eigenvalue weighted by molar-refractivity contribution is 5.88. The van der Waals surface area contributed by atoms with E-state index in [0.29, 0.717) is 18.2 Å². The lowest BCUT2D eigenvalue weighted by Crippen LogP contribution is -2.09. The van der Waals surface area contributed by atoms with E-state index in [4.69, 9.17) is 4.74 Å². The Kier molecular flexibility index (Phi) is 3.97. The maximum atomic E-state index is 11.7. The Labute approximate surface area is 119 Å². The van der Waals surface area contributed by atoms with Gasteiger partial charge in [-0.15, -0.1) is 0 Å². The van der Waals surface area contributed by atoms with E-state index in [1.165, 1.54) is 18.4 Å². The molecule has 2 aromatic heterocycles. The summed E-state index contributed by atoms with van der Waals surface area (Å²) >= 11 is 0. The van der Waals surface area contributed by atoms with E-state index in [1.807, 2.05) is 6.20 Å². The molecule has 0 fully saturated rings. The average Bonchev–Trinajstić information content (AvgIpc) is 2.93. The first-order valence-corrected chi connectivity index (χ1v) is 6.70. The molecule has 0 amide bonds. The van der Waals surface area contributed by atoms with Crippen molar-refractivity contribution in [2.75, 3.05) is 7.11 Å². The van der Waals surface area contributed by atoms with Crippen LogP contribution in [0.1, 0.15) is 47.1 Å². The molecule has 2 heterocycles. The van der Waals surface area contributed by atoms with Gasteiger partial charge in [0, 0.05) is 30.7 Å². The number of esters is 1. The van der Waals surface area contributed by atoms with Gasteiger partial charge in [0.25, 0.3) is 0 Å². The van der Waals surface area contributed by atoms with Gasteiger partial charge in [-0.3, -0.25) is 4.68 Å². The summed E-state index contributed by atoms with van der Waals surface area (Å²) in [5.74, 6) is 0.0970. The summed E-state index contributed by atoms with van der Waals surface area (Å²) in [5.41, 5.74) is 3.80. The largest absolute Gasteiger partial charge is 0.464 e. The van der Waals surface area contributed by atoms with Gasteiger partial charge in [-0.05, 0) is 24.5 Å². The monoisotopic (exact) mass is 275 g/mol. The zero-order valence-electron chi connectivity index (χ0n) is 12.7. The second-order valence-corrected chi connectivity index (χ2v) is 5.31. The van der Waals surface area contributed by atoms with Crippen LogP contribution in [0.4, 0.5) is 0 Å². The summed E-state index contributed by atoms with van der Waals surface area (Å²) < 4.78 is 8.56. The van der Waals surface area contributed by atoms with Crippen molar-refractivity contribution >= 4 is 5.97 Å². The molecule has 5 heteroatoms. The van der Waals surface area contributed by atoms with Crippen LogP contribution in [-0.2, 0) is 18.3 Å². The van der Waals surface area contributed by atoms with Crippen LogP contribution in [0, 0.1) is 6.92 Å². The second-order valence-electron chi connectivity index (χ2n) is 5.31. The van der Waals surface area contributed by atoms with Crippen LogP contribution in [0.15, 0.2) is 18.5 Å². The third-order valence-electron chi connectivity index (χ3n) is 3.53. The third-order valence-corrected chi connectivity index (χ3v) is 3.53. The fraction of sp³-hybridized carbons (Fsp3) is 0.467. The van der Waals surface area contributed by atoms with Gasteiger partial charge < -0.3 is 9.30 Å². The van der Waals surface area contributed by atoms with Crippen molar-refractivity contribution in [3.63, 3.8) is 0 Å². The highest BCUT2D eigenvalue weighted by Gasteiger charge is 2.18. The van der Waals surface area contributed by atoms with Crippen molar-refractivity contribution in [3.8, 4) is 0 Å². The first kappa shape index (κ1) is 14.4. The van der Waals surface area contributed by atoms with Crippen molar-refractivity contribution in [3.05, 3.63) is 41.0 Å². The topological polar surface area (TPSA) is 49.0 Å². The Morgan fingerprint density at radius 3 is 2.70 bits per heavy atom. The molecule has 0 unspecified atom stereocenters. The van der Waals surface area contributed by atoms with Crippen molar-refractivity contribution in [1.82, 2.24) is 14.3 Å². The maximum Gasteiger partial charge on any atom is 0.358 e. The van der Waals surface area contributed by atoms with Gasteiger partial charge in [-0.25, -0.2) is 4.79 Å². The molecule has 5 nitrogen and oxygen atoms in total. The summed E-state index contributed by atoms with van der Waals surface area (Å²) in [7, 11) is 3.18. The summed E-state index contributed by atoms with van der Waals surface area (Å²) in [4.78, 5) is 11.7. The molecule has 0 saturated carbocycles. The van der Waals surface area contributed by atoms with Crippen LogP contribution in [0.5, 0.6) is 0 Å². The molecule has 0 spiro atoms. The summed E-state index contributed by atoms with van der Waals surface area (Å²) in [6, 6.07) is 2.13. The van der Waals surface area contributed by atoms with Gasteiger partial charge in [-0.2, -0.15) is 5.10 Å². The Morgan fingerprint density at radius 2 is 2.15 bits per heavy atom. The highest BCUT2D eigenvalue weighted by Crippen LogP contribution is 2.21. The van der Waals surface area contributed by atoms with Crippen LogP contribution < -0.4 is 0 Å². The lowest BCUT2D eigenvalue weighted by Gasteiger charge is -2.09. The molecule has 0 aromatic carbocycles. The van der Waals surface area contributed by atoms with E-state index in [0.717, 1.165) is 5.56 Å². The number of carbonyl (C=O) groups excluding carboxylic acids is 1. The quantitative estimate of drug-likeness (QED) is 0.805. The smallest absolute Gasteiger partial charge is 0.358 e. The van der Waals surface area contributed by atoms with Crippen LogP contribution in [0.25, 0.3) is 0 Å². The Morgan fingerprint density at radius 1 is 1.45 bits per heavy atom. The van der Waals surface area contributed by atoms with Gasteiger partial charge >= 0.3 is 5.97 Å². The molecule has 108 valence electrons. The number of aryl methyl sites for hydroxylation is 1. The zero-order valence-corrected chi connectivity index (χ0v) is 12.7. The molecule has 20 heavy (non-hydrogen) atoms. The number of carbonyl (C=O) groups is 1. The van der Waals surface area contributed by atoms with Crippen LogP contribution in [0.3, 0.4) is 0 Å². The van der Waals surface area contributed by atoms with Crippen molar-refractivity contribution < 1.29 is 9.53 Å². The number of hydrogen-bond donors (Lipinski definition) is 0. The van der Waals surface area contributed by atoms with E-state index in [2.05, 4.69) is 42.7 Å². The molecular weight excluding hydrogens is 254 g/mol. The number of aromatic nitrogens is 3. The number of ether oxygens (including phenoxy) is 1. The molecule has 0 bridgehead atoms. The van der Waals surface area contributed by atoms with E-state index >= 15 is 0 Å². The first-order valence-electron chi connectivity index (χ1n) is 6.70. The Balaban J connectivity index is 2.33. The lowest BCUT2D eigenvalue weighted by atomic mass is 10.0. The van der Waals surface area contributed by atoms with Crippen molar-refractivity contribution in [2.45, 2.75) is 33.2 Å². The van der Waals surface area contributed by atoms with Crippen LogP contribution >= 0.6 is 0 Å². The zero-order chi connectivity index (χ0) is 14.9. The highest BCUT2D eigenvalue weighted by atomic mass is 16.5. The fourth-order valence-corrected chi connectivity index (χ4v) is 2.46. The molecule has 0 atom stereocenters. The summed E-state index contributed by atoms with van der Waals surface area (Å²) in [5, 5.41) is 4.18. The predicted molar refractivity (Wildman–Crippen MR) is 76.9 cm³/mol.